The van der Waals surface area contributed by atoms with Gasteiger partial charge < -0.3 is 14.5 Å². The zero-order valence-electron chi connectivity index (χ0n) is 10.6. The quantitative estimate of drug-likeness (QED) is 0.761. The Labute approximate surface area is 108 Å². The Morgan fingerprint density at radius 2 is 2.00 bits per heavy atom. The molecule has 3 heteroatoms. The molecule has 0 saturated heterocycles. The fourth-order valence-electron chi connectivity index (χ4n) is 1.75. The molecule has 1 atom stereocenters. The van der Waals surface area contributed by atoms with E-state index in [1.807, 2.05) is 30.3 Å². The minimum absolute atomic E-state index is 0.223. The SMILES string of the molecule is CC(NCCOCc1ccccc1)c1ccco1. The van der Waals surface area contributed by atoms with Crippen LogP contribution in [0.3, 0.4) is 0 Å². The topological polar surface area (TPSA) is 34.4 Å². The molecule has 0 aliphatic heterocycles. The summed E-state index contributed by atoms with van der Waals surface area (Å²) in [6.07, 6.45) is 1.69. The van der Waals surface area contributed by atoms with Crippen LogP contribution in [-0.4, -0.2) is 13.2 Å². The molecule has 0 saturated carbocycles. The fourth-order valence-corrected chi connectivity index (χ4v) is 1.75. The number of furan rings is 1. The molecule has 1 unspecified atom stereocenters. The van der Waals surface area contributed by atoms with Crippen LogP contribution in [0.4, 0.5) is 0 Å². The lowest BCUT2D eigenvalue weighted by Crippen LogP contribution is -2.22. The summed E-state index contributed by atoms with van der Waals surface area (Å²) < 4.78 is 10.9. The van der Waals surface area contributed by atoms with Crippen LogP contribution in [0.1, 0.15) is 24.3 Å². The molecule has 18 heavy (non-hydrogen) atoms. The van der Waals surface area contributed by atoms with Gasteiger partial charge in [-0.2, -0.15) is 0 Å². The molecule has 1 aromatic heterocycles. The molecule has 2 aromatic rings. The van der Waals surface area contributed by atoms with Gasteiger partial charge in [-0.3, -0.25) is 0 Å². The molecular formula is C15H19NO2. The lowest BCUT2D eigenvalue weighted by molar-refractivity contribution is 0.120. The third kappa shape index (κ3) is 4.02. The van der Waals surface area contributed by atoms with Crippen LogP contribution >= 0.6 is 0 Å². The monoisotopic (exact) mass is 245 g/mol. The molecule has 3 nitrogen and oxygen atoms in total. The standard InChI is InChI=1S/C15H19NO2/c1-13(15-8-5-10-18-15)16-9-11-17-12-14-6-3-2-4-7-14/h2-8,10,13,16H,9,11-12H2,1H3. The first-order valence-corrected chi connectivity index (χ1v) is 6.25. The van der Waals surface area contributed by atoms with Crippen molar-refractivity contribution >= 4 is 0 Å². The highest BCUT2D eigenvalue weighted by Gasteiger charge is 2.05. The predicted octanol–water partition coefficient (Wildman–Crippen LogP) is 3.15. The second kappa shape index (κ2) is 6.99. The summed E-state index contributed by atoms with van der Waals surface area (Å²) in [5.41, 5.74) is 1.21. The predicted molar refractivity (Wildman–Crippen MR) is 71.2 cm³/mol. The van der Waals surface area contributed by atoms with Gasteiger partial charge in [-0.1, -0.05) is 30.3 Å². The van der Waals surface area contributed by atoms with E-state index in [2.05, 4.69) is 24.4 Å². The van der Waals surface area contributed by atoms with Gasteiger partial charge in [-0.15, -0.1) is 0 Å². The molecule has 0 fully saturated rings. The van der Waals surface area contributed by atoms with Crippen molar-refractivity contribution in [2.24, 2.45) is 0 Å². The lowest BCUT2D eigenvalue weighted by Gasteiger charge is -2.11. The third-order valence-corrected chi connectivity index (χ3v) is 2.78. The van der Waals surface area contributed by atoms with Gasteiger partial charge in [0, 0.05) is 6.54 Å². The van der Waals surface area contributed by atoms with Gasteiger partial charge in [-0.05, 0) is 24.6 Å². The van der Waals surface area contributed by atoms with E-state index in [1.165, 1.54) is 5.56 Å². The average molecular weight is 245 g/mol. The number of nitrogens with one attached hydrogen (secondary N) is 1. The summed E-state index contributed by atoms with van der Waals surface area (Å²) >= 11 is 0. The van der Waals surface area contributed by atoms with Crippen molar-refractivity contribution in [1.29, 1.82) is 0 Å². The van der Waals surface area contributed by atoms with E-state index in [9.17, 15) is 0 Å². The zero-order chi connectivity index (χ0) is 12.6. The highest BCUT2D eigenvalue weighted by Crippen LogP contribution is 2.11. The Morgan fingerprint density at radius 3 is 2.72 bits per heavy atom. The maximum absolute atomic E-state index is 5.59. The van der Waals surface area contributed by atoms with E-state index in [1.54, 1.807) is 6.26 Å². The lowest BCUT2D eigenvalue weighted by atomic mass is 10.2. The Kier molecular flexibility index (Phi) is 5.00. The number of hydrogen-bond donors (Lipinski definition) is 1. The first kappa shape index (κ1) is 12.9. The molecule has 96 valence electrons. The summed E-state index contributed by atoms with van der Waals surface area (Å²) in [5.74, 6) is 0.957. The van der Waals surface area contributed by atoms with Crippen molar-refractivity contribution in [1.82, 2.24) is 5.32 Å². The van der Waals surface area contributed by atoms with E-state index in [-0.39, 0.29) is 6.04 Å². The van der Waals surface area contributed by atoms with Crippen LogP contribution in [0, 0.1) is 0 Å². The van der Waals surface area contributed by atoms with E-state index >= 15 is 0 Å². The number of ether oxygens (including phenoxy) is 1. The molecular weight excluding hydrogens is 226 g/mol. The molecule has 0 aliphatic carbocycles. The van der Waals surface area contributed by atoms with Crippen molar-refractivity contribution in [2.45, 2.75) is 19.6 Å². The van der Waals surface area contributed by atoms with Gasteiger partial charge >= 0.3 is 0 Å². The molecule has 0 aliphatic rings. The van der Waals surface area contributed by atoms with Gasteiger partial charge in [0.1, 0.15) is 5.76 Å². The van der Waals surface area contributed by atoms with Crippen LogP contribution in [0.2, 0.25) is 0 Å². The van der Waals surface area contributed by atoms with Crippen LogP contribution < -0.4 is 5.32 Å². The van der Waals surface area contributed by atoms with Crippen LogP contribution in [0.25, 0.3) is 0 Å². The van der Waals surface area contributed by atoms with Crippen LogP contribution in [-0.2, 0) is 11.3 Å². The van der Waals surface area contributed by atoms with Crippen LogP contribution in [0.15, 0.2) is 53.1 Å². The van der Waals surface area contributed by atoms with Crippen LogP contribution in [0.5, 0.6) is 0 Å². The molecule has 1 heterocycles. The summed E-state index contributed by atoms with van der Waals surface area (Å²) in [5, 5.41) is 3.35. The van der Waals surface area contributed by atoms with Gasteiger partial charge in [0.05, 0.1) is 25.5 Å². The molecule has 0 radical (unpaired) electrons. The van der Waals surface area contributed by atoms with Crippen molar-refractivity contribution in [3.63, 3.8) is 0 Å². The van der Waals surface area contributed by atoms with Gasteiger partial charge in [0.2, 0.25) is 0 Å². The number of benzene rings is 1. The first-order chi connectivity index (χ1) is 8.86. The third-order valence-electron chi connectivity index (χ3n) is 2.78. The van der Waals surface area contributed by atoms with Crippen molar-refractivity contribution < 1.29 is 9.15 Å². The molecule has 0 bridgehead atoms. The van der Waals surface area contributed by atoms with Gasteiger partial charge in [0.25, 0.3) is 0 Å². The van der Waals surface area contributed by atoms with Crippen molar-refractivity contribution in [3.05, 3.63) is 60.1 Å². The molecule has 2 rings (SSSR count). The Bertz CT molecular complexity index is 425. The highest BCUT2D eigenvalue weighted by atomic mass is 16.5. The summed E-state index contributed by atoms with van der Waals surface area (Å²) in [6, 6.07) is 14.3. The minimum atomic E-state index is 0.223. The molecule has 1 N–H and O–H groups in total. The second-order valence-corrected chi connectivity index (χ2v) is 4.23. The average Bonchev–Trinajstić information content (AvgIpc) is 2.93. The molecule has 0 amide bonds. The second-order valence-electron chi connectivity index (χ2n) is 4.23. The van der Waals surface area contributed by atoms with Crippen molar-refractivity contribution in [3.8, 4) is 0 Å². The van der Waals surface area contributed by atoms with Crippen molar-refractivity contribution in [2.75, 3.05) is 13.2 Å². The maximum atomic E-state index is 5.59. The Hall–Kier alpha value is -1.58. The van der Waals surface area contributed by atoms with E-state index in [0.29, 0.717) is 13.2 Å². The number of hydrogen-bond acceptors (Lipinski definition) is 3. The highest BCUT2D eigenvalue weighted by molar-refractivity contribution is 5.13. The Morgan fingerprint density at radius 1 is 1.17 bits per heavy atom. The Balaban J connectivity index is 1.59. The summed E-state index contributed by atoms with van der Waals surface area (Å²) in [6.45, 7) is 4.25. The summed E-state index contributed by atoms with van der Waals surface area (Å²) in [4.78, 5) is 0. The maximum Gasteiger partial charge on any atom is 0.120 e. The molecule has 0 spiro atoms. The zero-order valence-corrected chi connectivity index (χ0v) is 10.6. The van der Waals surface area contributed by atoms with Gasteiger partial charge in [0.15, 0.2) is 0 Å². The van der Waals surface area contributed by atoms with E-state index in [0.717, 1.165) is 12.3 Å². The van der Waals surface area contributed by atoms with Gasteiger partial charge in [-0.25, -0.2) is 0 Å². The largest absolute Gasteiger partial charge is 0.468 e. The van der Waals surface area contributed by atoms with E-state index < -0.39 is 0 Å². The summed E-state index contributed by atoms with van der Waals surface area (Å²) in [7, 11) is 0. The normalized spacial score (nSPS) is 12.5. The molecule has 1 aromatic carbocycles. The fraction of sp³-hybridized carbons (Fsp3) is 0.333. The van der Waals surface area contributed by atoms with E-state index in [4.69, 9.17) is 9.15 Å². The minimum Gasteiger partial charge on any atom is -0.468 e. The number of rotatable bonds is 7. The first-order valence-electron chi connectivity index (χ1n) is 6.25. The smallest absolute Gasteiger partial charge is 0.120 e.